The molecule has 3 heterocycles. The van der Waals surface area contributed by atoms with Gasteiger partial charge in [0.15, 0.2) is 0 Å². The molecule has 2 aliphatic rings. The highest BCUT2D eigenvalue weighted by molar-refractivity contribution is 9.10. The lowest BCUT2D eigenvalue weighted by molar-refractivity contribution is 0.563. The van der Waals surface area contributed by atoms with Crippen molar-refractivity contribution in [3.8, 4) is 0 Å². The van der Waals surface area contributed by atoms with Crippen LogP contribution in [0.25, 0.3) is 0 Å². The minimum absolute atomic E-state index is 0.660. The van der Waals surface area contributed by atoms with E-state index in [1.54, 1.807) is 0 Å². The second-order valence-electron chi connectivity index (χ2n) is 5.17. The van der Waals surface area contributed by atoms with Gasteiger partial charge in [0.25, 0.3) is 0 Å². The van der Waals surface area contributed by atoms with E-state index in [-0.39, 0.29) is 0 Å². The van der Waals surface area contributed by atoms with Crippen LogP contribution in [0.3, 0.4) is 0 Å². The van der Waals surface area contributed by atoms with Gasteiger partial charge in [-0.3, -0.25) is 0 Å². The molecule has 0 radical (unpaired) electrons. The molecule has 1 N–H and O–H groups in total. The van der Waals surface area contributed by atoms with Gasteiger partial charge in [-0.05, 0) is 53.7 Å². The zero-order valence-electron chi connectivity index (χ0n) is 10.1. The summed E-state index contributed by atoms with van der Waals surface area (Å²) in [7, 11) is 0. The number of halogens is 1. The van der Waals surface area contributed by atoms with E-state index in [9.17, 15) is 0 Å². The quantitative estimate of drug-likeness (QED) is 0.863. The van der Waals surface area contributed by atoms with Crippen LogP contribution < -0.4 is 10.2 Å². The minimum Gasteiger partial charge on any atom is -0.355 e. The number of pyridine rings is 1. The highest BCUT2D eigenvalue weighted by Gasteiger charge is 2.30. The normalized spacial score (nSPS) is 28.2. The summed E-state index contributed by atoms with van der Waals surface area (Å²) in [5.41, 5.74) is 1.26. The second kappa shape index (κ2) is 4.58. The van der Waals surface area contributed by atoms with Gasteiger partial charge in [-0.1, -0.05) is 0 Å². The third kappa shape index (κ3) is 2.33. The first-order valence-electron chi connectivity index (χ1n) is 6.35. The Kier molecular flexibility index (Phi) is 3.09. The van der Waals surface area contributed by atoms with Gasteiger partial charge in [0.2, 0.25) is 0 Å². The van der Waals surface area contributed by atoms with Crippen LogP contribution in [0.1, 0.15) is 24.8 Å². The monoisotopic (exact) mass is 295 g/mol. The highest BCUT2D eigenvalue weighted by atomic mass is 79.9. The second-order valence-corrected chi connectivity index (χ2v) is 6.08. The van der Waals surface area contributed by atoms with Crippen molar-refractivity contribution in [3.05, 3.63) is 22.3 Å². The van der Waals surface area contributed by atoms with Gasteiger partial charge in [0.1, 0.15) is 5.82 Å². The van der Waals surface area contributed by atoms with Gasteiger partial charge in [0.05, 0.1) is 0 Å². The zero-order valence-corrected chi connectivity index (χ0v) is 11.7. The van der Waals surface area contributed by atoms with Crippen LogP contribution in [0.5, 0.6) is 0 Å². The average molecular weight is 296 g/mol. The number of nitrogens with one attached hydrogen (secondary N) is 1. The zero-order chi connectivity index (χ0) is 11.8. The van der Waals surface area contributed by atoms with Crippen LogP contribution in [0.15, 0.2) is 16.7 Å². The van der Waals surface area contributed by atoms with E-state index in [0.29, 0.717) is 6.04 Å². The smallest absolute Gasteiger partial charge is 0.131 e. The maximum absolute atomic E-state index is 4.58. The molecule has 0 aromatic carbocycles. The molecule has 17 heavy (non-hydrogen) atoms. The Morgan fingerprint density at radius 3 is 3.00 bits per heavy atom. The Bertz CT molecular complexity index is 421. The Hall–Kier alpha value is -0.610. The van der Waals surface area contributed by atoms with E-state index < -0.39 is 0 Å². The molecule has 2 fully saturated rings. The Labute approximate surface area is 111 Å². The first kappa shape index (κ1) is 11.5. The molecule has 2 unspecified atom stereocenters. The predicted octanol–water partition coefficient (Wildman–Crippen LogP) is 2.48. The molecule has 4 heteroatoms. The predicted molar refractivity (Wildman–Crippen MR) is 73.4 cm³/mol. The molecule has 2 aliphatic heterocycles. The first-order chi connectivity index (χ1) is 8.22. The third-order valence-electron chi connectivity index (χ3n) is 3.84. The van der Waals surface area contributed by atoms with Crippen LogP contribution in [-0.2, 0) is 0 Å². The molecular weight excluding hydrogens is 278 g/mol. The number of hydrogen-bond acceptors (Lipinski definition) is 3. The maximum atomic E-state index is 4.58. The van der Waals surface area contributed by atoms with Crippen molar-refractivity contribution in [1.82, 2.24) is 10.3 Å². The van der Waals surface area contributed by atoms with Gasteiger partial charge >= 0.3 is 0 Å². The molecule has 2 atom stereocenters. The van der Waals surface area contributed by atoms with E-state index in [0.717, 1.165) is 29.4 Å². The molecule has 3 rings (SSSR count). The Balaban J connectivity index is 1.83. The molecule has 0 saturated carbocycles. The van der Waals surface area contributed by atoms with Crippen molar-refractivity contribution in [3.63, 3.8) is 0 Å². The molecule has 1 aromatic rings. The Morgan fingerprint density at radius 2 is 2.18 bits per heavy atom. The lowest BCUT2D eigenvalue weighted by Crippen LogP contribution is -2.36. The van der Waals surface area contributed by atoms with E-state index in [1.807, 2.05) is 6.20 Å². The van der Waals surface area contributed by atoms with Gasteiger partial charge < -0.3 is 10.2 Å². The molecule has 0 aliphatic carbocycles. The van der Waals surface area contributed by atoms with Crippen molar-refractivity contribution in [1.29, 1.82) is 0 Å². The minimum atomic E-state index is 0.660. The first-order valence-corrected chi connectivity index (χ1v) is 7.15. The van der Waals surface area contributed by atoms with E-state index in [2.05, 4.69) is 44.1 Å². The SMILES string of the molecule is Cc1cc(Br)cnc1N1CCC2CCC(C1)N2. The average Bonchev–Trinajstić information content (AvgIpc) is 2.60. The molecule has 0 amide bonds. The number of aryl methyl sites for hydroxylation is 1. The summed E-state index contributed by atoms with van der Waals surface area (Å²) in [4.78, 5) is 7.02. The molecule has 92 valence electrons. The number of anilines is 1. The van der Waals surface area contributed by atoms with Gasteiger partial charge in [-0.2, -0.15) is 0 Å². The van der Waals surface area contributed by atoms with Crippen LogP contribution >= 0.6 is 15.9 Å². The third-order valence-corrected chi connectivity index (χ3v) is 4.27. The molecule has 2 saturated heterocycles. The number of aromatic nitrogens is 1. The summed E-state index contributed by atoms with van der Waals surface area (Å²) in [6.07, 6.45) is 5.81. The number of rotatable bonds is 1. The lowest BCUT2D eigenvalue weighted by Gasteiger charge is -2.26. The fraction of sp³-hybridized carbons (Fsp3) is 0.615. The summed E-state index contributed by atoms with van der Waals surface area (Å²) in [6, 6.07) is 3.55. The molecule has 2 bridgehead atoms. The largest absolute Gasteiger partial charge is 0.355 e. The van der Waals surface area contributed by atoms with Crippen molar-refractivity contribution in [2.45, 2.75) is 38.3 Å². The molecular formula is C13H18BrN3. The highest BCUT2D eigenvalue weighted by Crippen LogP contribution is 2.26. The van der Waals surface area contributed by atoms with Gasteiger partial charge in [-0.15, -0.1) is 0 Å². The number of fused-ring (bicyclic) bond motifs is 2. The fourth-order valence-electron chi connectivity index (χ4n) is 3.00. The summed E-state index contributed by atoms with van der Waals surface area (Å²) in [5.74, 6) is 1.16. The van der Waals surface area contributed by atoms with Gasteiger partial charge in [0, 0.05) is 35.8 Å². The van der Waals surface area contributed by atoms with E-state index >= 15 is 0 Å². The number of nitrogens with zero attached hydrogens (tertiary/aromatic N) is 2. The standard InChI is InChI=1S/C13H18BrN3/c1-9-6-10(14)7-15-13(9)17-5-4-11-2-3-12(8-17)16-11/h6-7,11-12,16H,2-5,8H2,1H3. The van der Waals surface area contributed by atoms with Crippen LogP contribution in [-0.4, -0.2) is 30.2 Å². The fourth-order valence-corrected chi connectivity index (χ4v) is 3.45. The number of hydrogen-bond donors (Lipinski definition) is 1. The Morgan fingerprint density at radius 1 is 1.35 bits per heavy atom. The molecule has 0 spiro atoms. The van der Waals surface area contributed by atoms with Crippen LogP contribution in [0.4, 0.5) is 5.82 Å². The molecule has 3 nitrogen and oxygen atoms in total. The van der Waals surface area contributed by atoms with E-state index in [4.69, 9.17) is 0 Å². The lowest BCUT2D eigenvalue weighted by atomic mass is 10.1. The topological polar surface area (TPSA) is 28.2 Å². The maximum Gasteiger partial charge on any atom is 0.131 e. The van der Waals surface area contributed by atoms with E-state index in [1.165, 1.54) is 24.8 Å². The molecule has 1 aromatic heterocycles. The van der Waals surface area contributed by atoms with Gasteiger partial charge in [-0.25, -0.2) is 4.98 Å². The van der Waals surface area contributed by atoms with Crippen molar-refractivity contribution in [2.75, 3.05) is 18.0 Å². The van der Waals surface area contributed by atoms with Crippen molar-refractivity contribution < 1.29 is 0 Å². The summed E-state index contributed by atoms with van der Waals surface area (Å²) < 4.78 is 1.06. The van der Waals surface area contributed by atoms with Crippen molar-refractivity contribution >= 4 is 21.7 Å². The summed E-state index contributed by atoms with van der Waals surface area (Å²) in [5, 5.41) is 3.70. The van der Waals surface area contributed by atoms with Crippen molar-refractivity contribution in [2.24, 2.45) is 0 Å². The summed E-state index contributed by atoms with van der Waals surface area (Å²) in [6.45, 7) is 4.37. The van der Waals surface area contributed by atoms with Crippen LogP contribution in [0, 0.1) is 6.92 Å². The van der Waals surface area contributed by atoms with Crippen LogP contribution in [0.2, 0.25) is 0 Å². The summed E-state index contributed by atoms with van der Waals surface area (Å²) >= 11 is 3.47.